The molecule has 6 unspecified atom stereocenters. The summed E-state index contributed by atoms with van der Waals surface area (Å²) in [4.78, 5) is 18.2. The third-order valence-electron chi connectivity index (χ3n) is 10.4. The first-order valence-corrected chi connectivity index (χ1v) is 19.4. The van der Waals surface area contributed by atoms with E-state index in [0.717, 1.165) is 41.7 Å². The van der Waals surface area contributed by atoms with Crippen LogP contribution in [0.3, 0.4) is 0 Å². The smallest absolute Gasteiger partial charge is 0.188 e. The van der Waals surface area contributed by atoms with Gasteiger partial charge in [0.15, 0.2) is 29.0 Å². The first-order chi connectivity index (χ1) is 23.1. The maximum Gasteiger partial charge on any atom is 0.188 e. The molecule has 2 aromatic carbocycles. The molecule has 258 valence electrons. The molecule has 9 nitrogen and oxygen atoms in total. The fourth-order valence-corrected chi connectivity index (χ4v) is 11.0. The summed E-state index contributed by atoms with van der Waals surface area (Å²) in [6.07, 6.45) is 3.07. The van der Waals surface area contributed by atoms with Gasteiger partial charge in [0.1, 0.15) is 5.78 Å². The molecule has 48 heavy (non-hydrogen) atoms. The summed E-state index contributed by atoms with van der Waals surface area (Å²) in [5.74, 6) is 9.11. The van der Waals surface area contributed by atoms with E-state index in [1.165, 1.54) is 7.11 Å². The third kappa shape index (κ3) is 7.51. The van der Waals surface area contributed by atoms with E-state index in [9.17, 15) is 20.1 Å². The van der Waals surface area contributed by atoms with E-state index in [1.54, 1.807) is 12.1 Å². The second kappa shape index (κ2) is 15.1. The van der Waals surface area contributed by atoms with Crippen LogP contribution in [0, 0.1) is 35.5 Å². The van der Waals surface area contributed by atoms with Crippen LogP contribution >= 0.6 is 21.6 Å². The minimum atomic E-state index is -0.820. The number of rotatable bonds is 2. The SMILES string of the molecule is COc1c(O)ccc2c1C#CCc1cc3c4c(c1O)OCC(C4)C1CN=C(N)NC(C(C)C)CSSC1CCC(C3)C(O)CC(=O)CC2. The van der Waals surface area contributed by atoms with Crippen molar-refractivity contribution in [3.8, 4) is 34.8 Å². The molecule has 2 aromatic rings. The van der Waals surface area contributed by atoms with Crippen molar-refractivity contribution < 1.29 is 29.6 Å². The standard InChI is InChI=1S/C37H47N3O6S2/c1-20(2)30-19-47-48-33-12-9-22-13-24-14-23(34(44)36-28(24)15-25(18-46-36)29(33)17-39-37(38)40-30)5-4-6-27-21(7-10-26(41)16-32(22)43)8-11-31(42)35(27)45-3/h8,11,14,20,22,25,29-30,32-33,42-44H,5,7,9-10,12-13,15-19H2,1-3H3,(H3,38,39,40). The van der Waals surface area contributed by atoms with Crippen LogP contribution in [0.5, 0.6) is 23.0 Å². The van der Waals surface area contributed by atoms with E-state index >= 15 is 0 Å². The molecule has 0 saturated carbocycles. The Balaban J connectivity index is 1.41. The molecule has 2 aliphatic heterocycles. The average molecular weight is 694 g/mol. The topological polar surface area (TPSA) is 147 Å². The van der Waals surface area contributed by atoms with Gasteiger partial charge in [0.2, 0.25) is 0 Å². The average Bonchev–Trinajstić information content (AvgIpc) is 3.06. The summed E-state index contributed by atoms with van der Waals surface area (Å²) in [6.45, 7) is 5.40. The molecule has 0 saturated heterocycles. The van der Waals surface area contributed by atoms with Crippen LogP contribution in [0.2, 0.25) is 0 Å². The quantitative estimate of drug-likeness (QED) is 0.220. The molecule has 6 N–H and O–H groups in total. The lowest BCUT2D eigenvalue weighted by atomic mass is 9.75. The number of carbonyl (C=O) groups is 1. The number of guanidine groups is 1. The Kier molecular flexibility index (Phi) is 10.9. The van der Waals surface area contributed by atoms with Gasteiger partial charge in [-0.2, -0.15) is 0 Å². The predicted octanol–water partition coefficient (Wildman–Crippen LogP) is 4.78. The highest BCUT2D eigenvalue weighted by atomic mass is 33.1. The molecule has 6 atom stereocenters. The van der Waals surface area contributed by atoms with Gasteiger partial charge in [-0.25, -0.2) is 0 Å². The van der Waals surface area contributed by atoms with Gasteiger partial charge in [-0.05, 0) is 67.1 Å². The number of phenolic OH excluding ortho intramolecular Hbond substituents is 2. The maximum absolute atomic E-state index is 13.4. The Morgan fingerprint density at radius 1 is 1.10 bits per heavy atom. The summed E-state index contributed by atoms with van der Waals surface area (Å²) in [6, 6.07) is 5.55. The normalized spacial score (nSPS) is 27.9. The molecule has 2 heterocycles. The summed E-state index contributed by atoms with van der Waals surface area (Å²) in [5.41, 5.74) is 10.4. The van der Waals surface area contributed by atoms with E-state index in [2.05, 4.69) is 31.0 Å². The summed E-state index contributed by atoms with van der Waals surface area (Å²) in [7, 11) is 5.26. The minimum Gasteiger partial charge on any atom is -0.504 e. The molecule has 0 fully saturated rings. The number of benzene rings is 2. The second-order valence-corrected chi connectivity index (χ2v) is 16.6. The largest absolute Gasteiger partial charge is 0.504 e. The van der Waals surface area contributed by atoms with E-state index in [-0.39, 0.29) is 71.3 Å². The zero-order chi connectivity index (χ0) is 33.9. The van der Waals surface area contributed by atoms with Gasteiger partial charge in [-0.3, -0.25) is 9.79 Å². The van der Waals surface area contributed by atoms with Crippen LogP contribution in [0.25, 0.3) is 0 Å². The number of methoxy groups -OCH3 is 1. The van der Waals surface area contributed by atoms with E-state index in [0.29, 0.717) is 54.7 Å². The van der Waals surface area contributed by atoms with Crippen LogP contribution in [0.1, 0.15) is 67.3 Å². The Hall–Kier alpha value is -3.20. The molecule has 2 aliphatic carbocycles. The number of phenols is 2. The van der Waals surface area contributed by atoms with Crippen LogP contribution < -0.4 is 20.5 Å². The monoisotopic (exact) mass is 693 g/mol. The molecule has 5 bridgehead atoms. The van der Waals surface area contributed by atoms with Gasteiger partial charge in [0.05, 0.1) is 25.4 Å². The number of ether oxygens (including phenoxy) is 2. The lowest BCUT2D eigenvalue weighted by Crippen LogP contribution is -2.46. The lowest BCUT2D eigenvalue weighted by Gasteiger charge is -2.39. The number of aryl methyl sites for hydroxylation is 1. The second-order valence-electron chi connectivity index (χ2n) is 13.9. The van der Waals surface area contributed by atoms with Gasteiger partial charge in [0, 0.05) is 59.9 Å². The van der Waals surface area contributed by atoms with Crippen molar-refractivity contribution in [1.29, 1.82) is 0 Å². The molecule has 0 amide bonds. The molecular formula is C37H47N3O6S2. The van der Waals surface area contributed by atoms with Crippen LogP contribution in [-0.2, 0) is 30.5 Å². The highest BCUT2D eigenvalue weighted by Gasteiger charge is 2.39. The van der Waals surface area contributed by atoms with Crippen molar-refractivity contribution in [3.63, 3.8) is 0 Å². The number of ketones is 1. The molecule has 0 spiro atoms. The zero-order valence-electron chi connectivity index (χ0n) is 28.0. The molecule has 4 aliphatic rings. The molecule has 0 aromatic heterocycles. The number of aliphatic imine (C=N–C) groups is 1. The Morgan fingerprint density at radius 3 is 2.73 bits per heavy atom. The number of nitrogens with two attached hydrogens (primary N) is 1. The first kappa shape index (κ1) is 34.7. The minimum absolute atomic E-state index is 0.0178. The van der Waals surface area contributed by atoms with Crippen molar-refractivity contribution >= 4 is 33.3 Å². The summed E-state index contributed by atoms with van der Waals surface area (Å²) >= 11 is 0. The first-order valence-electron chi connectivity index (χ1n) is 17.0. The number of nitrogens with zero attached hydrogens (tertiary/aromatic N) is 1. The summed E-state index contributed by atoms with van der Waals surface area (Å²) < 4.78 is 11.9. The van der Waals surface area contributed by atoms with E-state index < -0.39 is 6.10 Å². The predicted molar refractivity (Wildman–Crippen MR) is 192 cm³/mol. The number of Topliss-reactive ketones (excluding diaryl/α,β-unsaturated/α-hetero) is 1. The van der Waals surface area contributed by atoms with Crippen LogP contribution in [0.4, 0.5) is 0 Å². The van der Waals surface area contributed by atoms with Gasteiger partial charge < -0.3 is 35.8 Å². The number of hydrogen-bond acceptors (Lipinski definition) is 11. The number of aliphatic hydroxyl groups is 1. The van der Waals surface area contributed by atoms with E-state index in [1.807, 2.05) is 27.7 Å². The zero-order valence-corrected chi connectivity index (χ0v) is 29.6. The van der Waals surface area contributed by atoms with Crippen molar-refractivity contribution in [3.05, 3.63) is 46.0 Å². The Labute approximate surface area is 291 Å². The van der Waals surface area contributed by atoms with Crippen molar-refractivity contribution in [2.75, 3.05) is 26.0 Å². The Morgan fingerprint density at radius 2 is 1.94 bits per heavy atom. The molecule has 6 rings (SSSR count). The number of aliphatic hydroxyl groups excluding tert-OH is 1. The Bertz CT molecular complexity index is 1620. The van der Waals surface area contributed by atoms with E-state index in [4.69, 9.17) is 20.2 Å². The van der Waals surface area contributed by atoms with Crippen LogP contribution in [-0.4, -0.2) is 70.5 Å². The van der Waals surface area contributed by atoms with Crippen molar-refractivity contribution in [2.45, 2.75) is 82.6 Å². The number of aromatic hydroxyl groups is 2. The van der Waals surface area contributed by atoms with Crippen molar-refractivity contribution in [1.82, 2.24) is 5.32 Å². The molecule has 11 heteroatoms. The highest BCUT2D eigenvalue weighted by Crippen LogP contribution is 2.48. The maximum atomic E-state index is 13.4. The molecule has 0 radical (unpaired) electrons. The fourth-order valence-electron chi connectivity index (χ4n) is 7.49. The van der Waals surface area contributed by atoms with Crippen molar-refractivity contribution in [2.24, 2.45) is 34.4 Å². The van der Waals surface area contributed by atoms with Gasteiger partial charge in [-0.1, -0.05) is 59.4 Å². The molecular weight excluding hydrogens is 647 g/mol. The fraction of sp³-hybridized carbons (Fsp3) is 0.568. The van der Waals surface area contributed by atoms with Gasteiger partial charge in [-0.15, -0.1) is 0 Å². The van der Waals surface area contributed by atoms with Gasteiger partial charge in [0.25, 0.3) is 0 Å². The van der Waals surface area contributed by atoms with Crippen LogP contribution in [0.15, 0.2) is 23.2 Å². The highest BCUT2D eigenvalue weighted by molar-refractivity contribution is 8.77. The summed E-state index contributed by atoms with van der Waals surface area (Å²) in [5, 5.41) is 37.4. The number of nitrogens with one attached hydrogen (secondary N) is 1. The number of fused-ring (bicyclic) bond motifs is 6. The third-order valence-corrected chi connectivity index (χ3v) is 13.5. The number of carbonyl (C=O) groups excluding carboxylic acids is 1. The van der Waals surface area contributed by atoms with Gasteiger partial charge >= 0.3 is 0 Å². The lowest BCUT2D eigenvalue weighted by molar-refractivity contribution is -0.121. The number of hydrogen-bond donors (Lipinski definition) is 5.